The quantitative estimate of drug-likeness (QED) is 0.515. The summed E-state index contributed by atoms with van der Waals surface area (Å²) in [6.07, 6.45) is 2.35. The predicted octanol–water partition coefficient (Wildman–Crippen LogP) is 4.44. The Labute approximate surface area is 177 Å². The van der Waals surface area contributed by atoms with Gasteiger partial charge >= 0.3 is 0 Å². The molecule has 1 aliphatic heterocycles. The topological polar surface area (TPSA) is 84.2 Å². The first-order chi connectivity index (χ1) is 14.7. The minimum absolute atomic E-state index is 0.120. The largest absolute Gasteiger partial charge is 0.440 e. The van der Waals surface area contributed by atoms with Gasteiger partial charge in [0.1, 0.15) is 5.76 Å². The molecule has 0 radical (unpaired) electrons. The maximum Gasteiger partial charge on any atom is 0.236 e. The molecule has 0 saturated carbocycles. The lowest BCUT2D eigenvalue weighted by Crippen LogP contribution is -2.24. The first kappa shape index (κ1) is 18.7. The minimum atomic E-state index is -0.186. The average molecular weight is 420 g/mol. The summed E-state index contributed by atoms with van der Waals surface area (Å²) in [6, 6.07) is 11.6. The molecule has 0 bridgehead atoms. The van der Waals surface area contributed by atoms with E-state index in [0.717, 1.165) is 47.7 Å². The number of thiophene rings is 1. The first-order valence-corrected chi connectivity index (χ1v) is 10.9. The molecule has 0 spiro atoms. The van der Waals surface area contributed by atoms with E-state index in [-0.39, 0.29) is 12.3 Å². The van der Waals surface area contributed by atoms with E-state index in [0.29, 0.717) is 23.2 Å². The summed E-state index contributed by atoms with van der Waals surface area (Å²) < 4.78 is 5.76. The van der Waals surface area contributed by atoms with Gasteiger partial charge in [-0.3, -0.25) is 4.79 Å². The Morgan fingerprint density at radius 2 is 1.87 bits per heavy atom. The highest BCUT2D eigenvalue weighted by Crippen LogP contribution is 2.29. The van der Waals surface area contributed by atoms with E-state index in [4.69, 9.17) is 14.4 Å². The van der Waals surface area contributed by atoms with Crippen molar-refractivity contribution in [2.45, 2.75) is 26.2 Å². The molecule has 152 valence electrons. The number of amides is 1. The molecule has 1 aromatic carbocycles. The first-order valence-electron chi connectivity index (χ1n) is 9.99. The number of rotatable bonds is 5. The smallest absolute Gasteiger partial charge is 0.236 e. The number of benzene rings is 1. The Bertz CT molecular complexity index is 1200. The number of aryl methyl sites for hydroxylation is 1. The molecule has 1 aliphatic rings. The van der Waals surface area contributed by atoms with Crippen LogP contribution < -0.4 is 10.2 Å². The van der Waals surface area contributed by atoms with Crippen molar-refractivity contribution < 1.29 is 9.21 Å². The van der Waals surface area contributed by atoms with Gasteiger partial charge in [0, 0.05) is 13.1 Å². The highest BCUT2D eigenvalue weighted by Gasteiger charge is 2.22. The summed E-state index contributed by atoms with van der Waals surface area (Å²) in [6.45, 7) is 3.67. The summed E-state index contributed by atoms with van der Waals surface area (Å²) >= 11 is 1.56. The Hall–Kier alpha value is -3.26. The van der Waals surface area contributed by atoms with Crippen molar-refractivity contribution in [3.05, 3.63) is 53.2 Å². The number of carbonyl (C=O) groups excluding carboxylic acids is 1. The fraction of sp³-hybridized carbons (Fsp3) is 0.273. The lowest BCUT2D eigenvalue weighted by Gasteiger charge is -2.20. The molecule has 1 amide bonds. The van der Waals surface area contributed by atoms with Crippen LogP contribution >= 0.6 is 11.3 Å². The van der Waals surface area contributed by atoms with Gasteiger partial charge in [0.05, 0.1) is 28.0 Å². The van der Waals surface area contributed by atoms with Crippen LogP contribution in [0.15, 0.2) is 46.2 Å². The molecule has 5 rings (SSSR count). The molecule has 1 N–H and O–H groups in total. The number of hydrogen-bond donors (Lipinski definition) is 1. The number of aromatic nitrogens is 3. The fourth-order valence-electron chi connectivity index (χ4n) is 3.65. The molecule has 0 aliphatic carbocycles. The lowest BCUT2D eigenvalue weighted by atomic mass is 10.2. The molecule has 1 saturated heterocycles. The number of nitrogens with zero attached hydrogens (tertiary/aromatic N) is 4. The number of fused-ring (bicyclic) bond motifs is 1. The second kappa shape index (κ2) is 7.87. The Morgan fingerprint density at radius 3 is 2.60 bits per heavy atom. The van der Waals surface area contributed by atoms with Gasteiger partial charge < -0.3 is 14.6 Å². The standard InChI is InChI=1S/C22H21N5O2S/c1-14-17(25-22(29-14)18-9-6-12-30-18)13-19(28)26-20-21(27-10-4-5-11-27)24-16-8-3-2-7-15(16)23-20/h2-3,6-9,12H,4-5,10-11,13H2,1H3,(H,23,26,28). The third-order valence-corrected chi connectivity index (χ3v) is 6.03. The van der Waals surface area contributed by atoms with Gasteiger partial charge in [-0.15, -0.1) is 11.3 Å². The second-order valence-electron chi connectivity index (χ2n) is 7.30. The van der Waals surface area contributed by atoms with Gasteiger partial charge in [-0.05, 0) is 43.3 Å². The zero-order chi connectivity index (χ0) is 20.5. The van der Waals surface area contributed by atoms with Crippen LogP contribution in [0.3, 0.4) is 0 Å². The van der Waals surface area contributed by atoms with Gasteiger partial charge in [-0.1, -0.05) is 18.2 Å². The lowest BCUT2D eigenvalue weighted by molar-refractivity contribution is -0.115. The van der Waals surface area contributed by atoms with Gasteiger partial charge in [0.15, 0.2) is 11.6 Å². The van der Waals surface area contributed by atoms with Gasteiger partial charge in [0.2, 0.25) is 11.8 Å². The van der Waals surface area contributed by atoms with Gasteiger partial charge in [-0.25, -0.2) is 15.0 Å². The predicted molar refractivity (Wildman–Crippen MR) is 118 cm³/mol. The van der Waals surface area contributed by atoms with Crippen molar-refractivity contribution >= 4 is 39.9 Å². The number of anilines is 2. The van der Waals surface area contributed by atoms with E-state index in [1.165, 1.54) is 0 Å². The molecule has 8 heteroatoms. The van der Waals surface area contributed by atoms with Crippen molar-refractivity contribution in [3.8, 4) is 10.8 Å². The number of para-hydroxylation sites is 2. The average Bonchev–Trinajstić information content (AvgIpc) is 3.50. The van der Waals surface area contributed by atoms with E-state index in [1.54, 1.807) is 11.3 Å². The molecular formula is C22H21N5O2S. The van der Waals surface area contributed by atoms with Crippen molar-refractivity contribution in [2.75, 3.05) is 23.3 Å². The minimum Gasteiger partial charge on any atom is -0.440 e. The van der Waals surface area contributed by atoms with Crippen LogP contribution in [0, 0.1) is 6.92 Å². The van der Waals surface area contributed by atoms with E-state index in [1.807, 2.05) is 48.7 Å². The molecule has 4 heterocycles. The summed E-state index contributed by atoms with van der Waals surface area (Å²) in [5, 5.41) is 4.94. The third-order valence-electron chi connectivity index (χ3n) is 5.17. The second-order valence-corrected chi connectivity index (χ2v) is 8.25. The molecular weight excluding hydrogens is 398 g/mol. The highest BCUT2D eigenvalue weighted by molar-refractivity contribution is 7.13. The Kier molecular flexibility index (Phi) is 4.92. The van der Waals surface area contributed by atoms with Gasteiger partial charge in [0.25, 0.3) is 0 Å². The maximum absolute atomic E-state index is 12.9. The van der Waals surface area contributed by atoms with Crippen LogP contribution in [0.2, 0.25) is 0 Å². The van der Waals surface area contributed by atoms with Crippen molar-refractivity contribution in [1.29, 1.82) is 0 Å². The molecule has 0 atom stereocenters. The highest BCUT2D eigenvalue weighted by atomic mass is 32.1. The van der Waals surface area contributed by atoms with Crippen molar-refractivity contribution in [1.82, 2.24) is 15.0 Å². The Balaban J connectivity index is 1.41. The van der Waals surface area contributed by atoms with E-state index < -0.39 is 0 Å². The summed E-state index contributed by atoms with van der Waals surface area (Å²) in [5.74, 6) is 2.25. The van der Waals surface area contributed by atoms with Crippen LogP contribution in [-0.2, 0) is 11.2 Å². The van der Waals surface area contributed by atoms with Crippen LogP contribution in [0.25, 0.3) is 21.8 Å². The third kappa shape index (κ3) is 3.66. The van der Waals surface area contributed by atoms with Crippen LogP contribution in [0.4, 0.5) is 11.6 Å². The monoisotopic (exact) mass is 419 g/mol. The van der Waals surface area contributed by atoms with Crippen LogP contribution in [0.1, 0.15) is 24.3 Å². The molecule has 30 heavy (non-hydrogen) atoms. The van der Waals surface area contributed by atoms with Gasteiger partial charge in [-0.2, -0.15) is 0 Å². The molecule has 7 nitrogen and oxygen atoms in total. The van der Waals surface area contributed by atoms with E-state index >= 15 is 0 Å². The van der Waals surface area contributed by atoms with Crippen LogP contribution in [-0.4, -0.2) is 33.9 Å². The molecule has 3 aromatic heterocycles. The SMILES string of the molecule is Cc1oc(-c2cccs2)nc1CC(=O)Nc1nc2ccccc2nc1N1CCCC1. The summed E-state index contributed by atoms with van der Waals surface area (Å²) in [5.41, 5.74) is 2.21. The number of nitrogens with one attached hydrogen (secondary N) is 1. The Morgan fingerprint density at radius 1 is 1.10 bits per heavy atom. The zero-order valence-corrected chi connectivity index (χ0v) is 17.4. The fourth-order valence-corrected chi connectivity index (χ4v) is 4.30. The molecule has 4 aromatic rings. The number of oxazole rings is 1. The number of carbonyl (C=O) groups is 1. The molecule has 1 fully saturated rings. The number of hydrogen-bond acceptors (Lipinski definition) is 7. The normalized spacial score (nSPS) is 13.8. The molecule has 0 unspecified atom stereocenters. The van der Waals surface area contributed by atoms with Crippen molar-refractivity contribution in [3.63, 3.8) is 0 Å². The van der Waals surface area contributed by atoms with E-state index in [9.17, 15) is 4.79 Å². The summed E-state index contributed by atoms with van der Waals surface area (Å²) in [7, 11) is 0. The summed E-state index contributed by atoms with van der Waals surface area (Å²) in [4.78, 5) is 30.0. The zero-order valence-electron chi connectivity index (χ0n) is 16.6. The maximum atomic E-state index is 12.9. The van der Waals surface area contributed by atoms with E-state index in [2.05, 4.69) is 15.2 Å². The van der Waals surface area contributed by atoms with Crippen LogP contribution in [0.5, 0.6) is 0 Å². The van der Waals surface area contributed by atoms with Crippen molar-refractivity contribution in [2.24, 2.45) is 0 Å².